The standard InChI is InChI=1S/C7H13NO2S/c1-2-11(9,10)7-3-5-8-6-4-7/h3,8H,2,4-6H2,1H3. The van der Waals surface area contributed by atoms with Gasteiger partial charge in [0, 0.05) is 18.0 Å². The molecule has 1 heterocycles. The first-order chi connectivity index (χ1) is 5.17. The van der Waals surface area contributed by atoms with E-state index in [2.05, 4.69) is 5.32 Å². The average Bonchev–Trinajstić information content (AvgIpc) is 2.06. The van der Waals surface area contributed by atoms with Crippen LogP contribution in [0.25, 0.3) is 0 Å². The summed E-state index contributed by atoms with van der Waals surface area (Å²) in [4.78, 5) is 0.610. The fraction of sp³-hybridized carbons (Fsp3) is 0.714. The van der Waals surface area contributed by atoms with Crippen molar-refractivity contribution in [2.45, 2.75) is 13.3 Å². The maximum atomic E-state index is 11.3. The first-order valence-electron chi connectivity index (χ1n) is 3.79. The summed E-state index contributed by atoms with van der Waals surface area (Å²) in [7, 11) is -2.90. The zero-order valence-corrected chi connectivity index (χ0v) is 7.45. The highest BCUT2D eigenvalue weighted by Gasteiger charge is 2.16. The summed E-state index contributed by atoms with van der Waals surface area (Å²) in [6.07, 6.45) is 2.42. The van der Waals surface area contributed by atoms with E-state index in [1.807, 2.05) is 0 Å². The van der Waals surface area contributed by atoms with E-state index >= 15 is 0 Å². The molecule has 0 aromatic carbocycles. The third-order valence-electron chi connectivity index (χ3n) is 1.80. The first-order valence-corrected chi connectivity index (χ1v) is 5.44. The van der Waals surface area contributed by atoms with Gasteiger partial charge in [-0.05, 0) is 6.42 Å². The van der Waals surface area contributed by atoms with Gasteiger partial charge in [0.15, 0.2) is 9.84 Å². The van der Waals surface area contributed by atoms with Gasteiger partial charge in [-0.2, -0.15) is 0 Å². The van der Waals surface area contributed by atoms with Crippen molar-refractivity contribution in [3.63, 3.8) is 0 Å². The first kappa shape index (κ1) is 8.74. The summed E-state index contributed by atoms with van der Waals surface area (Å²) in [6.45, 7) is 3.15. The van der Waals surface area contributed by atoms with Crippen molar-refractivity contribution in [2.24, 2.45) is 0 Å². The van der Waals surface area contributed by atoms with Gasteiger partial charge < -0.3 is 5.32 Å². The predicted molar refractivity (Wildman–Crippen MR) is 45.0 cm³/mol. The quantitative estimate of drug-likeness (QED) is 0.656. The van der Waals surface area contributed by atoms with Crippen LogP contribution in [0.2, 0.25) is 0 Å². The lowest BCUT2D eigenvalue weighted by Crippen LogP contribution is -2.24. The molecule has 11 heavy (non-hydrogen) atoms. The van der Waals surface area contributed by atoms with Gasteiger partial charge >= 0.3 is 0 Å². The Balaban J connectivity index is 2.81. The molecule has 0 unspecified atom stereocenters. The van der Waals surface area contributed by atoms with Crippen molar-refractivity contribution in [2.75, 3.05) is 18.8 Å². The lowest BCUT2D eigenvalue weighted by atomic mass is 10.3. The van der Waals surface area contributed by atoms with Gasteiger partial charge in [-0.25, -0.2) is 8.42 Å². The van der Waals surface area contributed by atoms with Gasteiger partial charge in [0.05, 0.1) is 5.75 Å². The van der Waals surface area contributed by atoms with Crippen molar-refractivity contribution < 1.29 is 8.42 Å². The van der Waals surface area contributed by atoms with Crippen molar-refractivity contribution in [1.82, 2.24) is 5.32 Å². The predicted octanol–water partition coefficient (Wildman–Crippen LogP) is 0.298. The molecule has 0 saturated heterocycles. The molecule has 0 aliphatic carbocycles. The molecule has 3 nitrogen and oxygen atoms in total. The van der Waals surface area contributed by atoms with E-state index in [9.17, 15) is 8.42 Å². The van der Waals surface area contributed by atoms with E-state index in [0.29, 0.717) is 17.9 Å². The molecular formula is C7H13NO2S. The summed E-state index contributed by atoms with van der Waals surface area (Å²) in [5, 5.41) is 3.07. The molecule has 0 fully saturated rings. The second-order valence-electron chi connectivity index (χ2n) is 2.53. The lowest BCUT2D eigenvalue weighted by molar-refractivity contribution is 0.597. The Morgan fingerprint density at radius 3 is 2.82 bits per heavy atom. The second-order valence-corrected chi connectivity index (χ2v) is 4.86. The molecule has 0 saturated carbocycles. The smallest absolute Gasteiger partial charge is 0.174 e. The Bertz CT molecular complexity index is 254. The van der Waals surface area contributed by atoms with E-state index < -0.39 is 9.84 Å². The molecule has 0 aromatic rings. The van der Waals surface area contributed by atoms with Crippen molar-refractivity contribution in [3.05, 3.63) is 11.0 Å². The minimum absolute atomic E-state index is 0.221. The van der Waals surface area contributed by atoms with Crippen LogP contribution < -0.4 is 5.32 Å². The van der Waals surface area contributed by atoms with Crippen LogP contribution in [-0.4, -0.2) is 27.3 Å². The van der Waals surface area contributed by atoms with Crippen molar-refractivity contribution in [1.29, 1.82) is 0 Å². The number of rotatable bonds is 2. The third kappa shape index (κ3) is 2.04. The summed E-state index contributed by atoms with van der Waals surface area (Å²) in [6, 6.07) is 0. The van der Waals surface area contributed by atoms with Gasteiger partial charge in [0.25, 0.3) is 0 Å². The van der Waals surface area contributed by atoms with Crippen LogP contribution in [0.4, 0.5) is 0 Å². The monoisotopic (exact) mass is 175 g/mol. The van der Waals surface area contributed by atoms with E-state index in [4.69, 9.17) is 0 Å². The Labute approximate surface area is 67.4 Å². The highest BCUT2D eigenvalue weighted by Crippen LogP contribution is 2.12. The zero-order chi connectivity index (χ0) is 8.32. The van der Waals surface area contributed by atoms with Crippen LogP contribution in [-0.2, 0) is 9.84 Å². The third-order valence-corrected chi connectivity index (χ3v) is 3.73. The molecule has 0 spiro atoms. The van der Waals surface area contributed by atoms with Gasteiger partial charge in [0.1, 0.15) is 0 Å². The largest absolute Gasteiger partial charge is 0.313 e. The summed E-state index contributed by atoms with van der Waals surface area (Å²) in [5.74, 6) is 0.221. The maximum absolute atomic E-state index is 11.3. The van der Waals surface area contributed by atoms with E-state index in [0.717, 1.165) is 6.54 Å². The molecule has 0 atom stereocenters. The fourth-order valence-electron chi connectivity index (χ4n) is 1.07. The molecule has 1 aliphatic heterocycles. The molecule has 0 amide bonds. The SMILES string of the molecule is CCS(=O)(=O)C1=CCNCC1. The topological polar surface area (TPSA) is 46.2 Å². The Morgan fingerprint density at radius 1 is 1.64 bits per heavy atom. The van der Waals surface area contributed by atoms with Gasteiger partial charge in [-0.15, -0.1) is 0 Å². The molecular weight excluding hydrogens is 162 g/mol. The molecule has 4 heteroatoms. The van der Waals surface area contributed by atoms with Crippen LogP contribution in [0, 0.1) is 0 Å². The fourth-order valence-corrected chi connectivity index (χ4v) is 2.19. The second kappa shape index (κ2) is 3.36. The Hall–Kier alpha value is -0.350. The minimum Gasteiger partial charge on any atom is -0.313 e. The molecule has 1 aliphatic rings. The minimum atomic E-state index is -2.90. The normalized spacial score (nSPS) is 19.5. The van der Waals surface area contributed by atoms with Crippen LogP contribution in [0.3, 0.4) is 0 Å². The number of sulfone groups is 1. The summed E-state index contributed by atoms with van der Waals surface area (Å²) < 4.78 is 22.5. The number of hydrogen-bond donors (Lipinski definition) is 1. The van der Waals surface area contributed by atoms with Crippen LogP contribution in [0.15, 0.2) is 11.0 Å². The van der Waals surface area contributed by atoms with Crippen LogP contribution >= 0.6 is 0 Å². The Morgan fingerprint density at radius 2 is 2.36 bits per heavy atom. The summed E-state index contributed by atoms with van der Waals surface area (Å²) >= 11 is 0. The average molecular weight is 175 g/mol. The van der Waals surface area contributed by atoms with Crippen molar-refractivity contribution in [3.8, 4) is 0 Å². The highest BCUT2D eigenvalue weighted by atomic mass is 32.2. The van der Waals surface area contributed by atoms with Crippen molar-refractivity contribution >= 4 is 9.84 Å². The van der Waals surface area contributed by atoms with Gasteiger partial charge in [0.2, 0.25) is 0 Å². The van der Waals surface area contributed by atoms with Gasteiger partial charge in [-0.3, -0.25) is 0 Å². The van der Waals surface area contributed by atoms with Gasteiger partial charge in [-0.1, -0.05) is 13.0 Å². The molecule has 0 radical (unpaired) electrons. The molecule has 0 bridgehead atoms. The highest BCUT2D eigenvalue weighted by molar-refractivity contribution is 7.95. The molecule has 0 aromatic heterocycles. The molecule has 64 valence electrons. The number of nitrogens with one attached hydrogen (secondary N) is 1. The van der Waals surface area contributed by atoms with E-state index in [1.165, 1.54) is 0 Å². The van der Waals surface area contributed by atoms with E-state index in [1.54, 1.807) is 13.0 Å². The molecule has 1 rings (SSSR count). The van der Waals surface area contributed by atoms with Crippen LogP contribution in [0.1, 0.15) is 13.3 Å². The van der Waals surface area contributed by atoms with Crippen LogP contribution in [0.5, 0.6) is 0 Å². The Kier molecular flexibility index (Phi) is 2.67. The zero-order valence-electron chi connectivity index (χ0n) is 6.63. The number of hydrogen-bond acceptors (Lipinski definition) is 3. The molecule has 1 N–H and O–H groups in total. The maximum Gasteiger partial charge on any atom is 0.174 e. The lowest BCUT2D eigenvalue weighted by Gasteiger charge is -2.12. The summed E-state index contributed by atoms with van der Waals surface area (Å²) in [5.41, 5.74) is 0. The van der Waals surface area contributed by atoms with E-state index in [-0.39, 0.29) is 5.75 Å².